The molecule has 0 saturated carbocycles. The van der Waals surface area contributed by atoms with E-state index in [1.807, 2.05) is 12.1 Å². The highest BCUT2D eigenvalue weighted by Crippen LogP contribution is 2.28. The fourth-order valence-electron chi connectivity index (χ4n) is 2.33. The Labute approximate surface area is 136 Å². The molecule has 0 aliphatic rings. The Kier molecular flexibility index (Phi) is 5.28. The van der Waals surface area contributed by atoms with E-state index in [-0.39, 0.29) is 11.5 Å². The summed E-state index contributed by atoms with van der Waals surface area (Å²) in [5, 5.41) is 3.56. The van der Waals surface area contributed by atoms with Crippen molar-refractivity contribution in [3.63, 3.8) is 0 Å². The quantitative estimate of drug-likeness (QED) is 0.778. The highest BCUT2D eigenvalue weighted by Gasteiger charge is 2.19. The van der Waals surface area contributed by atoms with Crippen LogP contribution in [-0.2, 0) is 5.41 Å². The molecule has 1 N–H and O–H groups in total. The van der Waals surface area contributed by atoms with E-state index in [1.54, 1.807) is 0 Å². The molecule has 1 unspecified atom stereocenters. The predicted octanol–water partition coefficient (Wildman–Crippen LogP) is 5.43. The highest BCUT2D eigenvalue weighted by molar-refractivity contribution is 9.10. The van der Waals surface area contributed by atoms with E-state index in [2.05, 4.69) is 73.2 Å². The van der Waals surface area contributed by atoms with Crippen LogP contribution < -0.4 is 5.32 Å². The SMILES string of the molecule is CCCNC(c1ccc(C(C)(C)C)cc1)c1ccc(Br)o1. The van der Waals surface area contributed by atoms with Gasteiger partial charge in [-0.15, -0.1) is 0 Å². The Morgan fingerprint density at radius 1 is 1.10 bits per heavy atom. The van der Waals surface area contributed by atoms with Crippen molar-refractivity contribution < 1.29 is 4.42 Å². The predicted molar refractivity (Wildman–Crippen MR) is 91.7 cm³/mol. The first-order valence-corrected chi connectivity index (χ1v) is 8.30. The van der Waals surface area contributed by atoms with Gasteiger partial charge in [0, 0.05) is 0 Å². The number of furan rings is 1. The molecule has 0 amide bonds. The minimum Gasteiger partial charge on any atom is -0.452 e. The zero-order valence-corrected chi connectivity index (χ0v) is 14.8. The van der Waals surface area contributed by atoms with Crippen LogP contribution in [-0.4, -0.2) is 6.54 Å². The van der Waals surface area contributed by atoms with Crippen LogP contribution >= 0.6 is 15.9 Å². The Bertz CT molecular complexity index is 566. The maximum Gasteiger partial charge on any atom is 0.169 e. The molecular formula is C18H24BrNO. The van der Waals surface area contributed by atoms with E-state index < -0.39 is 0 Å². The molecule has 0 spiro atoms. The molecule has 0 aliphatic carbocycles. The summed E-state index contributed by atoms with van der Waals surface area (Å²) in [6.45, 7) is 9.84. The number of hydrogen-bond donors (Lipinski definition) is 1. The van der Waals surface area contributed by atoms with Gasteiger partial charge in [-0.25, -0.2) is 0 Å². The summed E-state index contributed by atoms with van der Waals surface area (Å²) in [6.07, 6.45) is 1.10. The third-order valence-corrected chi connectivity index (χ3v) is 4.01. The summed E-state index contributed by atoms with van der Waals surface area (Å²) in [5.74, 6) is 0.943. The standard InChI is InChI=1S/C18H24BrNO/c1-5-12-20-17(15-10-11-16(19)21-15)13-6-8-14(9-7-13)18(2,3)4/h6-11,17,20H,5,12H2,1-4H3. The molecule has 1 heterocycles. The minimum atomic E-state index is 0.102. The third kappa shape index (κ3) is 4.21. The van der Waals surface area contributed by atoms with E-state index in [9.17, 15) is 0 Å². The molecule has 0 saturated heterocycles. The van der Waals surface area contributed by atoms with Crippen LogP contribution in [0.2, 0.25) is 0 Å². The molecule has 1 atom stereocenters. The molecule has 2 nitrogen and oxygen atoms in total. The molecular weight excluding hydrogens is 326 g/mol. The third-order valence-electron chi connectivity index (χ3n) is 3.59. The van der Waals surface area contributed by atoms with Crippen molar-refractivity contribution in [2.24, 2.45) is 0 Å². The monoisotopic (exact) mass is 349 g/mol. The molecule has 1 aromatic carbocycles. The summed E-state index contributed by atoms with van der Waals surface area (Å²) in [5.41, 5.74) is 2.76. The summed E-state index contributed by atoms with van der Waals surface area (Å²) in [4.78, 5) is 0. The largest absolute Gasteiger partial charge is 0.452 e. The molecule has 0 radical (unpaired) electrons. The zero-order chi connectivity index (χ0) is 15.5. The summed E-state index contributed by atoms with van der Waals surface area (Å²) < 4.78 is 6.52. The Morgan fingerprint density at radius 2 is 1.76 bits per heavy atom. The Hall–Kier alpha value is -1.06. The van der Waals surface area contributed by atoms with Gasteiger partial charge >= 0.3 is 0 Å². The molecule has 3 heteroatoms. The average molecular weight is 350 g/mol. The average Bonchev–Trinajstić information content (AvgIpc) is 2.85. The lowest BCUT2D eigenvalue weighted by Crippen LogP contribution is -2.23. The van der Waals surface area contributed by atoms with Crippen LogP contribution in [0, 0.1) is 0 Å². The van der Waals surface area contributed by atoms with Crippen molar-refractivity contribution in [1.82, 2.24) is 5.32 Å². The second-order valence-corrected chi connectivity index (χ2v) is 7.18. The van der Waals surface area contributed by atoms with Gasteiger partial charge in [-0.2, -0.15) is 0 Å². The van der Waals surface area contributed by atoms with Gasteiger partial charge in [0.05, 0.1) is 6.04 Å². The summed E-state index contributed by atoms with van der Waals surface area (Å²) >= 11 is 3.38. The van der Waals surface area contributed by atoms with Crippen molar-refractivity contribution in [3.8, 4) is 0 Å². The van der Waals surface area contributed by atoms with Crippen LogP contribution in [0.3, 0.4) is 0 Å². The second kappa shape index (κ2) is 6.80. The molecule has 0 fully saturated rings. The molecule has 2 aromatic rings. The van der Waals surface area contributed by atoms with E-state index in [1.165, 1.54) is 11.1 Å². The fourth-order valence-corrected chi connectivity index (χ4v) is 2.65. The number of hydrogen-bond acceptors (Lipinski definition) is 2. The van der Waals surface area contributed by atoms with E-state index in [0.717, 1.165) is 23.4 Å². The van der Waals surface area contributed by atoms with Crippen LogP contribution in [0.4, 0.5) is 0 Å². The van der Waals surface area contributed by atoms with Gasteiger partial charge in [0.1, 0.15) is 5.76 Å². The normalized spacial score (nSPS) is 13.4. The molecule has 2 rings (SSSR count). The first-order chi connectivity index (χ1) is 9.91. The van der Waals surface area contributed by atoms with Gasteiger partial charge in [0.25, 0.3) is 0 Å². The Morgan fingerprint density at radius 3 is 2.24 bits per heavy atom. The first kappa shape index (κ1) is 16.3. The number of rotatable bonds is 5. The van der Waals surface area contributed by atoms with Crippen molar-refractivity contribution in [2.75, 3.05) is 6.54 Å². The van der Waals surface area contributed by atoms with Gasteiger partial charge in [-0.3, -0.25) is 0 Å². The summed E-state index contributed by atoms with van der Waals surface area (Å²) in [7, 11) is 0. The second-order valence-electron chi connectivity index (χ2n) is 6.40. The van der Waals surface area contributed by atoms with Crippen LogP contribution in [0.15, 0.2) is 45.5 Å². The van der Waals surface area contributed by atoms with Gasteiger partial charge < -0.3 is 9.73 Å². The Balaban J connectivity index is 2.28. The van der Waals surface area contributed by atoms with Crippen molar-refractivity contribution in [3.05, 3.63) is 58.0 Å². The molecule has 0 aliphatic heterocycles. The lowest BCUT2D eigenvalue weighted by atomic mass is 9.86. The number of halogens is 1. The van der Waals surface area contributed by atoms with Crippen LogP contribution in [0.25, 0.3) is 0 Å². The van der Waals surface area contributed by atoms with Gasteiger partial charge in [-0.05, 0) is 57.6 Å². The maximum absolute atomic E-state index is 5.75. The van der Waals surface area contributed by atoms with Crippen molar-refractivity contribution >= 4 is 15.9 Å². The van der Waals surface area contributed by atoms with E-state index >= 15 is 0 Å². The van der Waals surface area contributed by atoms with Crippen molar-refractivity contribution in [1.29, 1.82) is 0 Å². The zero-order valence-electron chi connectivity index (χ0n) is 13.2. The minimum absolute atomic E-state index is 0.102. The fraction of sp³-hybridized carbons (Fsp3) is 0.444. The van der Waals surface area contributed by atoms with Crippen LogP contribution in [0.1, 0.15) is 57.0 Å². The molecule has 21 heavy (non-hydrogen) atoms. The molecule has 1 aromatic heterocycles. The highest BCUT2D eigenvalue weighted by atomic mass is 79.9. The molecule has 0 bridgehead atoms. The van der Waals surface area contributed by atoms with Crippen molar-refractivity contribution in [2.45, 2.75) is 45.6 Å². The smallest absolute Gasteiger partial charge is 0.169 e. The van der Waals surface area contributed by atoms with E-state index in [4.69, 9.17) is 4.42 Å². The lowest BCUT2D eigenvalue weighted by Gasteiger charge is -2.21. The first-order valence-electron chi connectivity index (χ1n) is 7.51. The number of benzene rings is 1. The lowest BCUT2D eigenvalue weighted by molar-refractivity contribution is 0.433. The topological polar surface area (TPSA) is 25.2 Å². The molecule has 114 valence electrons. The van der Waals surface area contributed by atoms with E-state index in [0.29, 0.717) is 0 Å². The van der Waals surface area contributed by atoms with Gasteiger partial charge in [0.2, 0.25) is 0 Å². The van der Waals surface area contributed by atoms with Gasteiger partial charge in [0.15, 0.2) is 4.67 Å². The number of nitrogens with one attached hydrogen (secondary N) is 1. The van der Waals surface area contributed by atoms with Crippen LogP contribution in [0.5, 0.6) is 0 Å². The summed E-state index contributed by atoms with van der Waals surface area (Å²) in [6, 6.07) is 12.9. The maximum atomic E-state index is 5.75. The van der Waals surface area contributed by atoms with Gasteiger partial charge in [-0.1, -0.05) is 52.0 Å².